The highest BCUT2D eigenvalue weighted by atomic mass is 35.5. The first-order valence-electron chi connectivity index (χ1n) is 5.65. The maximum absolute atomic E-state index is 10.6. The fourth-order valence-corrected chi connectivity index (χ4v) is 2.39. The Morgan fingerprint density at radius 2 is 2.32 bits per heavy atom. The van der Waals surface area contributed by atoms with Gasteiger partial charge in [-0.1, -0.05) is 18.7 Å². The zero-order chi connectivity index (χ0) is 13.8. The number of carboxylic acid groups (broad SMARTS) is 1. The zero-order valence-corrected chi connectivity index (χ0v) is 11.7. The van der Waals surface area contributed by atoms with Gasteiger partial charge in [0.2, 0.25) is 5.82 Å². The molecule has 2 aromatic rings. The van der Waals surface area contributed by atoms with Crippen LogP contribution in [0.15, 0.2) is 21.7 Å². The Labute approximate surface area is 118 Å². The predicted octanol–water partition coefficient (Wildman–Crippen LogP) is 2.78. The summed E-state index contributed by atoms with van der Waals surface area (Å²) in [7, 11) is 0. The molecule has 0 aromatic carbocycles. The van der Waals surface area contributed by atoms with E-state index in [4.69, 9.17) is 21.1 Å². The molecule has 2 rings (SSSR count). The van der Waals surface area contributed by atoms with Gasteiger partial charge in [-0.2, -0.15) is 0 Å². The molecular formula is C11H12ClN3O3S. The highest BCUT2D eigenvalue weighted by Crippen LogP contribution is 2.27. The normalized spacial score (nSPS) is 10.8. The average Bonchev–Trinajstić information content (AvgIpc) is 2.94. The van der Waals surface area contributed by atoms with Gasteiger partial charge < -0.3 is 9.52 Å². The van der Waals surface area contributed by atoms with E-state index < -0.39 is 5.97 Å². The molecule has 1 N–H and O–H groups in total. The molecular weight excluding hydrogens is 290 g/mol. The van der Waals surface area contributed by atoms with Crippen molar-refractivity contribution in [2.75, 3.05) is 5.75 Å². The lowest BCUT2D eigenvalue weighted by molar-refractivity contribution is -0.133. The molecule has 0 atom stereocenters. The molecule has 0 aliphatic carbocycles. The van der Waals surface area contributed by atoms with Gasteiger partial charge in [-0.3, -0.25) is 9.36 Å². The number of aromatic nitrogens is 3. The first-order valence-corrected chi connectivity index (χ1v) is 7.01. The van der Waals surface area contributed by atoms with Crippen molar-refractivity contribution in [3.05, 3.63) is 17.4 Å². The zero-order valence-electron chi connectivity index (χ0n) is 10.2. The van der Waals surface area contributed by atoms with Gasteiger partial charge in [-0.15, -0.1) is 10.2 Å². The maximum atomic E-state index is 10.6. The van der Waals surface area contributed by atoms with Crippen LogP contribution in [0.25, 0.3) is 11.6 Å². The SMILES string of the molecule is CCCn1c(SCC(=O)O)nnc1-c1ccc(Cl)o1. The molecule has 0 bridgehead atoms. The molecule has 102 valence electrons. The average molecular weight is 302 g/mol. The number of rotatable bonds is 6. The number of hydrogen-bond acceptors (Lipinski definition) is 5. The van der Waals surface area contributed by atoms with E-state index in [9.17, 15) is 4.79 Å². The summed E-state index contributed by atoms with van der Waals surface area (Å²) in [4.78, 5) is 10.6. The topological polar surface area (TPSA) is 81.2 Å². The van der Waals surface area contributed by atoms with E-state index in [-0.39, 0.29) is 11.0 Å². The Morgan fingerprint density at radius 3 is 2.89 bits per heavy atom. The number of carbonyl (C=O) groups is 1. The van der Waals surface area contributed by atoms with Crippen LogP contribution in [0.1, 0.15) is 13.3 Å². The number of hydrogen-bond donors (Lipinski definition) is 1. The van der Waals surface area contributed by atoms with Crippen LogP contribution >= 0.6 is 23.4 Å². The van der Waals surface area contributed by atoms with E-state index in [1.54, 1.807) is 12.1 Å². The lowest BCUT2D eigenvalue weighted by Gasteiger charge is -2.06. The van der Waals surface area contributed by atoms with Crippen molar-refractivity contribution >= 4 is 29.3 Å². The van der Waals surface area contributed by atoms with Crippen molar-refractivity contribution in [2.45, 2.75) is 25.0 Å². The van der Waals surface area contributed by atoms with Crippen molar-refractivity contribution in [3.63, 3.8) is 0 Å². The summed E-state index contributed by atoms with van der Waals surface area (Å²) in [6.45, 7) is 2.70. The quantitative estimate of drug-likeness (QED) is 0.826. The second-order valence-electron chi connectivity index (χ2n) is 3.74. The first-order chi connectivity index (χ1) is 9.11. The van der Waals surface area contributed by atoms with Crippen LogP contribution in [0.3, 0.4) is 0 Å². The van der Waals surface area contributed by atoms with Crippen LogP contribution in [0.4, 0.5) is 0 Å². The molecule has 0 radical (unpaired) electrons. The number of thioether (sulfide) groups is 1. The number of carboxylic acids is 1. The Morgan fingerprint density at radius 1 is 1.53 bits per heavy atom. The Bertz CT molecular complexity index is 582. The van der Waals surface area contributed by atoms with Gasteiger partial charge in [0.1, 0.15) is 0 Å². The van der Waals surface area contributed by atoms with Crippen LogP contribution in [-0.2, 0) is 11.3 Å². The van der Waals surface area contributed by atoms with Gasteiger partial charge >= 0.3 is 5.97 Å². The van der Waals surface area contributed by atoms with Crippen LogP contribution < -0.4 is 0 Å². The maximum Gasteiger partial charge on any atom is 0.313 e. The summed E-state index contributed by atoms with van der Waals surface area (Å²) in [6, 6.07) is 3.34. The first kappa shape index (κ1) is 14.0. The summed E-state index contributed by atoms with van der Waals surface area (Å²) in [5, 5.41) is 17.6. The standard InChI is InChI=1S/C11H12ClN3O3S/c1-2-5-15-10(7-3-4-8(12)18-7)13-14-11(15)19-6-9(16)17/h3-4H,2,5-6H2,1H3,(H,16,17). The Balaban J connectivity index is 2.31. The molecule has 0 amide bonds. The number of aliphatic carboxylic acids is 1. The van der Waals surface area contributed by atoms with Crippen LogP contribution in [0.2, 0.25) is 5.22 Å². The number of furan rings is 1. The molecule has 2 heterocycles. The van der Waals surface area contributed by atoms with Crippen LogP contribution in [0.5, 0.6) is 0 Å². The minimum atomic E-state index is -0.890. The lowest BCUT2D eigenvalue weighted by atomic mass is 10.4. The van der Waals surface area contributed by atoms with Crippen molar-refractivity contribution in [1.82, 2.24) is 14.8 Å². The Kier molecular flexibility index (Phi) is 4.49. The van der Waals surface area contributed by atoms with E-state index in [1.807, 2.05) is 11.5 Å². The second-order valence-corrected chi connectivity index (χ2v) is 5.06. The van der Waals surface area contributed by atoms with Gasteiger partial charge in [0.15, 0.2) is 16.1 Å². The van der Waals surface area contributed by atoms with Gasteiger partial charge in [0.05, 0.1) is 5.75 Å². The fraction of sp³-hybridized carbons (Fsp3) is 0.364. The molecule has 0 aliphatic rings. The van der Waals surface area contributed by atoms with Crippen LogP contribution in [-0.4, -0.2) is 31.6 Å². The van der Waals surface area contributed by atoms with Crippen molar-refractivity contribution in [3.8, 4) is 11.6 Å². The largest absolute Gasteiger partial charge is 0.481 e. The minimum Gasteiger partial charge on any atom is -0.481 e. The van der Waals surface area contributed by atoms with E-state index in [2.05, 4.69) is 10.2 Å². The summed E-state index contributed by atoms with van der Waals surface area (Å²) in [5.74, 6) is 0.134. The number of halogens is 1. The third-order valence-corrected chi connectivity index (χ3v) is 3.44. The van der Waals surface area contributed by atoms with E-state index in [0.717, 1.165) is 18.2 Å². The van der Waals surface area contributed by atoms with Crippen molar-refractivity contribution < 1.29 is 14.3 Å². The molecule has 0 saturated heterocycles. The molecule has 0 aliphatic heterocycles. The second kappa shape index (κ2) is 6.12. The summed E-state index contributed by atoms with van der Waals surface area (Å²) in [6.07, 6.45) is 0.875. The van der Waals surface area contributed by atoms with Crippen LogP contribution in [0, 0.1) is 0 Å². The smallest absolute Gasteiger partial charge is 0.313 e. The van der Waals surface area contributed by atoms with E-state index in [0.29, 0.717) is 23.3 Å². The summed E-state index contributed by atoms with van der Waals surface area (Å²) < 4.78 is 7.15. The molecule has 0 spiro atoms. The van der Waals surface area contributed by atoms with Gasteiger partial charge in [0.25, 0.3) is 0 Å². The highest BCUT2D eigenvalue weighted by Gasteiger charge is 2.17. The molecule has 0 saturated carbocycles. The molecule has 6 nitrogen and oxygen atoms in total. The molecule has 0 fully saturated rings. The highest BCUT2D eigenvalue weighted by molar-refractivity contribution is 7.99. The molecule has 2 aromatic heterocycles. The fourth-order valence-electron chi connectivity index (χ4n) is 1.56. The molecule has 0 unspecified atom stereocenters. The summed E-state index contributed by atoms with van der Waals surface area (Å²) in [5.41, 5.74) is 0. The monoisotopic (exact) mass is 301 g/mol. The lowest BCUT2D eigenvalue weighted by Crippen LogP contribution is -2.04. The molecule has 19 heavy (non-hydrogen) atoms. The van der Waals surface area contributed by atoms with Crippen molar-refractivity contribution in [1.29, 1.82) is 0 Å². The predicted molar refractivity (Wildman–Crippen MR) is 71.4 cm³/mol. The number of nitrogens with zero attached hydrogens (tertiary/aromatic N) is 3. The third-order valence-electron chi connectivity index (χ3n) is 2.28. The van der Waals surface area contributed by atoms with Gasteiger partial charge in [-0.05, 0) is 30.2 Å². The minimum absolute atomic E-state index is 0.0548. The van der Waals surface area contributed by atoms with Gasteiger partial charge in [0, 0.05) is 6.54 Å². The Hall–Kier alpha value is -1.47. The van der Waals surface area contributed by atoms with E-state index >= 15 is 0 Å². The molecule has 8 heteroatoms. The summed E-state index contributed by atoms with van der Waals surface area (Å²) >= 11 is 6.87. The van der Waals surface area contributed by atoms with E-state index in [1.165, 1.54) is 0 Å². The van der Waals surface area contributed by atoms with Gasteiger partial charge in [-0.25, -0.2) is 0 Å². The third kappa shape index (κ3) is 3.30. The van der Waals surface area contributed by atoms with Crippen molar-refractivity contribution in [2.24, 2.45) is 0 Å².